The fraction of sp³-hybridized carbons (Fsp3) is 0. The third-order valence-corrected chi connectivity index (χ3v) is 8.91. The number of aromatic nitrogens is 6. The standard InChI is InChI=1S/C34H20N6S2/c1-2-6-21(7-3-1)22-10-11-25-26(12-22)34(30-16-38-28(14-40-30)32-18-36-20-42-32)24-9-5-4-8-23(24)33(25)29-15-37-27(13-39-29)31-17-35-19-41-31/h1-20H. The minimum absolute atomic E-state index is 0.813. The predicted molar refractivity (Wildman–Crippen MR) is 171 cm³/mol. The Hall–Kier alpha value is -5.18. The Balaban J connectivity index is 1.40. The van der Waals surface area contributed by atoms with Crippen LogP contribution in [0.4, 0.5) is 0 Å². The summed E-state index contributed by atoms with van der Waals surface area (Å²) < 4.78 is 0. The Kier molecular flexibility index (Phi) is 6.05. The molecule has 0 unspecified atom stereocenters. The molecular formula is C34H20N6S2. The minimum Gasteiger partial charge on any atom is -0.252 e. The van der Waals surface area contributed by atoms with E-state index < -0.39 is 0 Å². The van der Waals surface area contributed by atoms with Crippen LogP contribution in [0.25, 0.3) is 76.3 Å². The lowest BCUT2D eigenvalue weighted by Crippen LogP contribution is -1.96. The summed E-state index contributed by atoms with van der Waals surface area (Å²) in [5.74, 6) is 0. The zero-order valence-electron chi connectivity index (χ0n) is 22.0. The highest BCUT2D eigenvalue weighted by Crippen LogP contribution is 2.44. The Morgan fingerprint density at radius 1 is 0.405 bits per heavy atom. The molecular weight excluding hydrogens is 557 g/mol. The van der Waals surface area contributed by atoms with Crippen molar-refractivity contribution in [1.29, 1.82) is 0 Å². The highest BCUT2D eigenvalue weighted by atomic mass is 32.1. The topological polar surface area (TPSA) is 77.3 Å². The van der Waals surface area contributed by atoms with Gasteiger partial charge in [0.2, 0.25) is 0 Å². The van der Waals surface area contributed by atoms with Gasteiger partial charge in [-0.1, -0.05) is 66.7 Å². The number of nitrogens with zero attached hydrogens (tertiary/aromatic N) is 6. The fourth-order valence-electron chi connectivity index (χ4n) is 5.39. The zero-order valence-corrected chi connectivity index (χ0v) is 23.7. The van der Waals surface area contributed by atoms with Crippen LogP contribution in [0.1, 0.15) is 0 Å². The third-order valence-electron chi connectivity index (χ3n) is 7.32. The second kappa shape index (κ2) is 10.3. The Morgan fingerprint density at radius 2 is 0.905 bits per heavy atom. The third kappa shape index (κ3) is 4.25. The molecule has 0 atom stereocenters. The number of rotatable bonds is 5. The van der Waals surface area contributed by atoms with Crippen LogP contribution >= 0.6 is 22.7 Å². The molecule has 0 saturated heterocycles. The molecule has 0 aliphatic rings. The van der Waals surface area contributed by atoms with Gasteiger partial charge in [0.05, 0.1) is 57.0 Å². The molecule has 4 aromatic heterocycles. The molecule has 6 nitrogen and oxygen atoms in total. The molecule has 0 radical (unpaired) electrons. The van der Waals surface area contributed by atoms with E-state index in [1.54, 1.807) is 22.7 Å². The van der Waals surface area contributed by atoms with Crippen LogP contribution in [0.3, 0.4) is 0 Å². The van der Waals surface area contributed by atoms with Gasteiger partial charge < -0.3 is 0 Å². The quantitative estimate of drug-likeness (QED) is 0.191. The van der Waals surface area contributed by atoms with Crippen LogP contribution in [0, 0.1) is 0 Å². The maximum Gasteiger partial charge on any atom is 0.100 e. The van der Waals surface area contributed by atoms with E-state index in [-0.39, 0.29) is 0 Å². The average Bonchev–Trinajstić information content (AvgIpc) is 3.80. The molecule has 0 aliphatic carbocycles. The largest absolute Gasteiger partial charge is 0.252 e. The number of hydrogen-bond donors (Lipinski definition) is 0. The van der Waals surface area contributed by atoms with Gasteiger partial charge in [-0.2, -0.15) is 0 Å². The maximum atomic E-state index is 4.93. The van der Waals surface area contributed by atoms with Crippen molar-refractivity contribution in [3.8, 4) is 54.8 Å². The maximum absolute atomic E-state index is 4.93. The summed E-state index contributed by atoms with van der Waals surface area (Å²) in [6.45, 7) is 0. The van der Waals surface area contributed by atoms with Gasteiger partial charge in [0.25, 0.3) is 0 Å². The summed E-state index contributed by atoms with van der Waals surface area (Å²) >= 11 is 3.11. The van der Waals surface area contributed by atoms with Crippen molar-refractivity contribution >= 4 is 44.2 Å². The number of benzene rings is 4. The van der Waals surface area contributed by atoms with E-state index in [1.165, 1.54) is 0 Å². The molecule has 42 heavy (non-hydrogen) atoms. The summed E-state index contributed by atoms with van der Waals surface area (Å²) in [5, 5.41) is 4.33. The first-order chi connectivity index (χ1) is 20.8. The van der Waals surface area contributed by atoms with Crippen LogP contribution in [-0.4, -0.2) is 29.9 Å². The molecule has 0 spiro atoms. The first-order valence-corrected chi connectivity index (χ1v) is 15.1. The first-order valence-electron chi connectivity index (χ1n) is 13.3. The second-order valence-electron chi connectivity index (χ2n) is 9.73. The van der Waals surface area contributed by atoms with Crippen molar-refractivity contribution in [2.45, 2.75) is 0 Å². The van der Waals surface area contributed by atoms with Gasteiger partial charge >= 0.3 is 0 Å². The minimum atomic E-state index is 0.813. The van der Waals surface area contributed by atoms with Crippen LogP contribution in [0.15, 0.2) is 121 Å². The molecule has 198 valence electrons. The number of fused-ring (bicyclic) bond motifs is 2. The van der Waals surface area contributed by atoms with Crippen LogP contribution < -0.4 is 0 Å². The lowest BCUT2D eigenvalue weighted by Gasteiger charge is -2.17. The van der Waals surface area contributed by atoms with Crippen LogP contribution in [-0.2, 0) is 0 Å². The van der Waals surface area contributed by atoms with Gasteiger partial charge in [0.15, 0.2) is 0 Å². The first kappa shape index (κ1) is 24.6. The van der Waals surface area contributed by atoms with Crippen molar-refractivity contribution in [3.05, 3.63) is 121 Å². The Labute approximate surface area is 249 Å². The number of hydrogen-bond acceptors (Lipinski definition) is 8. The molecule has 8 rings (SSSR count). The van der Waals surface area contributed by atoms with Gasteiger partial charge in [-0.15, -0.1) is 22.7 Å². The Bertz CT molecular complexity index is 2160. The number of thiazole rings is 2. The van der Waals surface area contributed by atoms with E-state index >= 15 is 0 Å². The lowest BCUT2D eigenvalue weighted by atomic mass is 9.87. The van der Waals surface area contributed by atoms with Crippen LogP contribution in [0.5, 0.6) is 0 Å². The van der Waals surface area contributed by atoms with Crippen molar-refractivity contribution < 1.29 is 0 Å². The van der Waals surface area contributed by atoms with E-state index in [4.69, 9.17) is 19.9 Å². The van der Waals surface area contributed by atoms with E-state index in [9.17, 15) is 0 Å². The Morgan fingerprint density at radius 3 is 1.43 bits per heavy atom. The monoisotopic (exact) mass is 576 g/mol. The van der Waals surface area contributed by atoms with Gasteiger partial charge in [-0.3, -0.25) is 29.9 Å². The summed E-state index contributed by atoms with van der Waals surface area (Å²) in [5.41, 5.74) is 11.2. The molecule has 0 amide bonds. The van der Waals surface area contributed by atoms with Crippen molar-refractivity contribution in [2.75, 3.05) is 0 Å². The summed E-state index contributed by atoms with van der Waals surface area (Å²) in [4.78, 5) is 29.8. The average molecular weight is 577 g/mol. The van der Waals surface area contributed by atoms with Crippen molar-refractivity contribution in [1.82, 2.24) is 29.9 Å². The predicted octanol–water partition coefficient (Wildman–Crippen LogP) is 8.82. The molecule has 8 aromatic rings. The van der Waals surface area contributed by atoms with Crippen molar-refractivity contribution in [3.63, 3.8) is 0 Å². The molecule has 0 aliphatic heterocycles. The zero-order chi connectivity index (χ0) is 27.9. The molecule has 0 bridgehead atoms. The summed E-state index contributed by atoms with van der Waals surface area (Å²) in [7, 11) is 0. The molecule has 0 saturated carbocycles. The van der Waals surface area contributed by atoms with E-state index in [1.807, 2.05) is 54.3 Å². The molecule has 4 heterocycles. The highest BCUT2D eigenvalue weighted by molar-refractivity contribution is 7.13. The molecule has 8 heteroatoms. The second-order valence-corrected chi connectivity index (χ2v) is 11.5. The van der Waals surface area contributed by atoms with Crippen molar-refractivity contribution in [2.24, 2.45) is 0 Å². The van der Waals surface area contributed by atoms with Gasteiger partial charge in [0, 0.05) is 23.5 Å². The lowest BCUT2D eigenvalue weighted by molar-refractivity contribution is 1.21. The smallest absolute Gasteiger partial charge is 0.100 e. The van der Waals surface area contributed by atoms with E-state index in [0.29, 0.717) is 0 Å². The normalized spacial score (nSPS) is 11.3. The fourth-order valence-corrected chi connectivity index (χ4v) is 6.56. The van der Waals surface area contributed by atoms with Crippen LogP contribution in [0.2, 0.25) is 0 Å². The molecule has 0 fully saturated rings. The highest BCUT2D eigenvalue weighted by Gasteiger charge is 2.20. The summed E-state index contributed by atoms with van der Waals surface area (Å²) in [6.07, 6.45) is 11.0. The van der Waals surface area contributed by atoms with E-state index in [2.05, 4.69) is 76.7 Å². The van der Waals surface area contributed by atoms with Gasteiger partial charge in [0.1, 0.15) is 11.4 Å². The van der Waals surface area contributed by atoms with Gasteiger partial charge in [-0.05, 0) is 38.7 Å². The van der Waals surface area contributed by atoms with Gasteiger partial charge in [-0.25, -0.2) is 0 Å². The van der Waals surface area contributed by atoms with E-state index in [0.717, 1.165) is 76.3 Å². The molecule has 0 N–H and O–H groups in total. The summed E-state index contributed by atoms with van der Waals surface area (Å²) in [6, 6.07) is 25.5. The molecule has 4 aromatic carbocycles. The SMILES string of the molecule is c1ccc(-c2ccc3c(-c4cnc(-c5cncs5)cn4)c4ccccc4c(-c4cnc(-c5cncs5)cn4)c3c2)cc1.